The lowest BCUT2D eigenvalue weighted by molar-refractivity contribution is -0.149. The maximum absolute atomic E-state index is 13.9. The van der Waals surface area contributed by atoms with Gasteiger partial charge in [-0.2, -0.15) is 0 Å². The van der Waals surface area contributed by atoms with E-state index < -0.39 is 34.2 Å². The van der Waals surface area contributed by atoms with Gasteiger partial charge in [-0.05, 0) is 162 Å². The van der Waals surface area contributed by atoms with E-state index in [9.17, 15) is 48.6 Å². The number of halogens is 4. The van der Waals surface area contributed by atoms with Crippen LogP contribution in [-0.2, 0) is 112 Å². The molecular formula is C88H100Cl4N14O11. The number of benzene rings is 4. The average Bonchev–Trinajstić information content (AvgIpc) is 1.60. The fourth-order valence-corrected chi connectivity index (χ4v) is 22.7. The number of carbonyl (C=O) groups is 8. The van der Waals surface area contributed by atoms with Crippen molar-refractivity contribution in [2.75, 3.05) is 49.9 Å². The van der Waals surface area contributed by atoms with Crippen LogP contribution in [0.4, 0.5) is 11.4 Å². The van der Waals surface area contributed by atoms with Crippen LogP contribution in [0.15, 0.2) is 72.8 Å². The van der Waals surface area contributed by atoms with Crippen molar-refractivity contribution in [2.24, 2.45) is 60.7 Å². The largest absolute Gasteiger partial charge is 0.481 e. The quantitative estimate of drug-likeness (QED) is 0.0231. The highest BCUT2D eigenvalue weighted by Gasteiger charge is 2.60. The Morgan fingerprint density at radius 3 is 1.15 bits per heavy atom. The Morgan fingerprint density at radius 1 is 0.436 bits per heavy atom. The second kappa shape index (κ2) is 32.3. The number of aldehydes is 1. The van der Waals surface area contributed by atoms with Crippen molar-refractivity contribution < 1.29 is 53.7 Å². The van der Waals surface area contributed by atoms with Gasteiger partial charge in [-0.1, -0.05) is 107 Å². The number of nitrogens with one attached hydrogen (secondary N) is 4. The summed E-state index contributed by atoms with van der Waals surface area (Å²) in [6, 6.07) is 21.9. The molecule has 6 fully saturated rings. The van der Waals surface area contributed by atoms with Crippen LogP contribution in [0, 0.1) is 32.5 Å². The Bertz CT molecular complexity index is 5040. The number of nitrogens with zero attached hydrogens (tertiary/aromatic N) is 10. The number of ketones is 2. The molecule has 10 aliphatic rings. The van der Waals surface area contributed by atoms with Gasteiger partial charge in [0.15, 0.2) is 23.3 Å². The summed E-state index contributed by atoms with van der Waals surface area (Å²) in [5.74, 6) is -1.38. The molecule has 0 atom stereocenters. The molecule has 6 saturated carbocycles. The standard InChI is InChI=1S/C49H57Cl2N7O6.C29H29Cl2N7O2.C10H14O3/c1-55-36-9-21-57(23-19-46-11-15-48(28-46,16-12-46)44(61)62)26-34(36)52-41(55)38(59)25-30-5-3-6-31(39(30)50)32-7-4-8-33(40(32)51)54-43(60)42-53-35-27-58(22-10-37(35)56(42)2)24-20-47-13-17-49(29-47,18-14-47)45(63)64;1-37-22-9-11-32-14-20(22)34-27(37)24(39)13-16-5-3-6-17(25(16)30)18-7-4-8-19(26(18)31)36-29(40)28-35-21-15-33-12-10-23(21)38(28)2;11-6-5-9-1-3-10(7-9,4-2-9)8(12)13/h3-8H,9-29H2,1-2H3,(H,54,60)(H,61,62)(H,63,64);3-8,32-33H,9-15H2,1-2H3,(H,36,40);6H,1-5,7H2,(H,12,13). The summed E-state index contributed by atoms with van der Waals surface area (Å²) in [5, 5.41) is 42.8. The van der Waals surface area contributed by atoms with Crippen LogP contribution in [0.1, 0.15) is 215 Å². The molecule has 7 N–H and O–H groups in total. The number of Topliss-reactive ketones (excluding diaryl/α,β-unsaturated/α-hetero) is 2. The van der Waals surface area contributed by atoms with E-state index in [1.54, 1.807) is 12.1 Å². The number of aliphatic carboxylic acids is 3. The van der Waals surface area contributed by atoms with Gasteiger partial charge in [-0.3, -0.25) is 43.4 Å². The Kier molecular flexibility index (Phi) is 22.6. The zero-order chi connectivity index (χ0) is 82.3. The third-order valence-corrected chi connectivity index (χ3v) is 30.2. The predicted octanol–water partition coefficient (Wildman–Crippen LogP) is 14.1. The van der Waals surface area contributed by atoms with Crippen LogP contribution in [0.2, 0.25) is 20.1 Å². The summed E-state index contributed by atoms with van der Waals surface area (Å²) in [7, 11) is 7.52. The van der Waals surface area contributed by atoms with Crippen LogP contribution in [0.3, 0.4) is 0 Å². The molecule has 117 heavy (non-hydrogen) atoms. The summed E-state index contributed by atoms with van der Waals surface area (Å²) in [4.78, 5) is 123. The smallest absolute Gasteiger partial charge is 0.309 e. The maximum atomic E-state index is 13.9. The second-order valence-electron chi connectivity index (χ2n) is 35.1. The normalized spacial score (nSPS) is 24.5. The van der Waals surface area contributed by atoms with Crippen molar-refractivity contribution >= 4 is 105 Å². The summed E-state index contributed by atoms with van der Waals surface area (Å²) >= 11 is 27.8. The van der Waals surface area contributed by atoms with Gasteiger partial charge in [0.2, 0.25) is 11.6 Å². The maximum Gasteiger partial charge on any atom is 0.309 e. The highest BCUT2D eigenvalue weighted by molar-refractivity contribution is 6.40. The molecule has 0 saturated heterocycles. The molecule has 4 aromatic carbocycles. The number of rotatable bonds is 23. The molecule has 29 heteroatoms. The van der Waals surface area contributed by atoms with Crippen LogP contribution >= 0.6 is 46.4 Å². The number of aromatic nitrogens is 8. The van der Waals surface area contributed by atoms with Gasteiger partial charge in [0, 0.05) is 171 Å². The first-order valence-corrected chi connectivity index (χ1v) is 42.6. The first-order chi connectivity index (χ1) is 56.1. The van der Waals surface area contributed by atoms with E-state index in [0.717, 1.165) is 226 Å². The summed E-state index contributed by atoms with van der Waals surface area (Å²) in [6.45, 7) is 7.86. The zero-order valence-electron chi connectivity index (χ0n) is 66.6. The van der Waals surface area contributed by atoms with Crippen LogP contribution in [0.5, 0.6) is 0 Å². The SMILES string of the molecule is Cn1c(C(=O)Cc2cccc(-c3cccc(NC(=O)c4nc5c(n4C)CCN(CCC46CCC(C(=O)O)(CC4)C6)C5)c3Cl)c2Cl)nc2c1CCN(CCC13CCC(C(=O)O)(CC1)C3)C2.Cn1c(C(=O)Cc2cccc(-c3cccc(NC(=O)c4nc5c(n4C)CCNC5)c3Cl)c2Cl)nc2c1CCNC2.O=CCC12CCC(C(=O)O)(CC1)C2. The molecule has 0 radical (unpaired) electrons. The summed E-state index contributed by atoms with van der Waals surface area (Å²) in [6.07, 6.45) is 19.7. The minimum absolute atomic E-state index is 0.0512. The fourth-order valence-electron chi connectivity index (χ4n) is 21.5. The predicted molar refractivity (Wildman–Crippen MR) is 444 cm³/mol. The lowest BCUT2D eigenvalue weighted by Crippen LogP contribution is -2.34. The molecule has 2 amide bonds. The average molecular weight is 1670 g/mol. The second-order valence-corrected chi connectivity index (χ2v) is 36.6. The molecule has 8 heterocycles. The van der Waals surface area contributed by atoms with Crippen molar-refractivity contribution in [1.29, 1.82) is 0 Å². The van der Waals surface area contributed by atoms with Crippen molar-refractivity contribution in [2.45, 2.75) is 180 Å². The Hall–Kier alpha value is -8.92. The molecule has 4 aliphatic heterocycles. The fraction of sp³-hybridized carbons (Fsp3) is 0.500. The number of carbonyl (C=O) groups excluding carboxylic acids is 5. The Labute approximate surface area is 699 Å². The van der Waals surface area contributed by atoms with E-state index in [1.807, 2.05) is 107 Å². The molecule has 0 unspecified atom stereocenters. The third-order valence-electron chi connectivity index (χ3n) is 28.5. The number of carboxylic acids is 3. The molecule has 0 spiro atoms. The number of imidazole rings is 4. The lowest BCUT2D eigenvalue weighted by Gasteiger charge is -2.32. The van der Waals surface area contributed by atoms with Gasteiger partial charge in [-0.15, -0.1) is 0 Å². The zero-order valence-corrected chi connectivity index (χ0v) is 69.7. The van der Waals surface area contributed by atoms with E-state index in [2.05, 4.69) is 41.0 Å². The van der Waals surface area contributed by atoms with Gasteiger partial charge in [0.1, 0.15) is 6.29 Å². The molecule has 616 valence electrons. The first-order valence-electron chi connectivity index (χ1n) is 41.1. The minimum atomic E-state index is -0.655. The molecular weight excluding hydrogens is 1570 g/mol. The van der Waals surface area contributed by atoms with Crippen molar-refractivity contribution in [3.63, 3.8) is 0 Å². The Balaban J connectivity index is 0.000000163. The van der Waals surface area contributed by atoms with Gasteiger partial charge in [0.25, 0.3) is 11.8 Å². The first kappa shape index (κ1) is 81.8. The Morgan fingerprint density at radius 2 is 0.769 bits per heavy atom. The summed E-state index contributed by atoms with van der Waals surface area (Å²) < 4.78 is 7.54. The van der Waals surface area contributed by atoms with E-state index in [4.69, 9.17) is 61.5 Å². The molecule has 25 nitrogen and oxygen atoms in total. The van der Waals surface area contributed by atoms with Gasteiger partial charge in [-0.25, -0.2) is 19.9 Å². The van der Waals surface area contributed by atoms with Crippen molar-refractivity contribution in [3.05, 3.63) is 173 Å². The molecule has 6 aliphatic carbocycles. The highest BCUT2D eigenvalue weighted by atomic mass is 35.5. The number of hydrogen-bond donors (Lipinski definition) is 7. The van der Waals surface area contributed by atoms with Gasteiger partial charge >= 0.3 is 17.9 Å². The molecule has 6 bridgehead atoms. The number of amides is 2. The molecule has 4 aromatic heterocycles. The third kappa shape index (κ3) is 15.4. The number of hydrogen-bond acceptors (Lipinski definition) is 16. The number of fused-ring (bicyclic) bond motifs is 10. The van der Waals surface area contributed by atoms with Crippen LogP contribution in [0.25, 0.3) is 22.3 Å². The van der Waals surface area contributed by atoms with Crippen LogP contribution in [-0.4, -0.2) is 150 Å². The van der Waals surface area contributed by atoms with E-state index in [0.29, 0.717) is 121 Å². The highest BCUT2D eigenvalue weighted by Crippen LogP contribution is 2.65. The number of carboxylic acid groups (broad SMARTS) is 3. The molecule has 8 aromatic rings. The minimum Gasteiger partial charge on any atom is -0.481 e. The van der Waals surface area contributed by atoms with E-state index in [1.165, 1.54) is 0 Å². The van der Waals surface area contributed by atoms with E-state index in [-0.39, 0.29) is 52.5 Å². The van der Waals surface area contributed by atoms with Gasteiger partial charge < -0.3 is 59.6 Å². The molecule has 18 rings (SSSR count). The van der Waals surface area contributed by atoms with Crippen molar-refractivity contribution in [3.8, 4) is 22.3 Å². The van der Waals surface area contributed by atoms with Crippen molar-refractivity contribution in [1.82, 2.24) is 58.6 Å². The summed E-state index contributed by atoms with van der Waals surface area (Å²) in [5.41, 5.74) is 11.5. The van der Waals surface area contributed by atoms with E-state index >= 15 is 0 Å². The number of anilines is 2. The van der Waals surface area contributed by atoms with Gasteiger partial charge in [0.05, 0.1) is 70.5 Å². The lowest BCUT2D eigenvalue weighted by atomic mass is 9.80. The topological polar surface area (TPSA) is 323 Å². The van der Waals surface area contributed by atoms with Crippen LogP contribution < -0.4 is 21.3 Å². The monoisotopic (exact) mass is 1670 g/mol.